The summed E-state index contributed by atoms with van der Waals surface area (Å²) in [5, 5.41) is 0. The minimum atomic E-state index is -4.31. The summed E-state index contributed by atoms with van der Waals surface area (Å²) >= 11 is 0. The van der Waals surface area contributed by atoms with Crippen LogP contribution in [0.25, 0.3) is 0 Å². The Morgan fingerprint density at radius 2 is 1.25 bits per heavy atom. The molecule has 3 nitrogen and oxygen atoms in total. The van der Waals surface area contributed by atoms with Crippen molar-refractivity contribution in [2.24, 2.45) is 0 Å². The van der Waals surface area contributed by atoms with Gasteiger partial charge in [-0.15, -0.1) is 0 Å². The first-order valence-corrected chi connectivity index (χ1v) is 12.2. The van der Waals surface area contributed by atoms with Gasteiger partial charge in [0.2, 0.25) is 0 Å². The van der Waals surface area contributed by atoms with E-state index in [4.69, 9.17) is 14.2 Å². The van der Waals surface area contributed by atoms with Crippen molar-refractivity contribution in [1.82, 2.24) is 0 Å². The molecule has 32 heavy (non-hydrogen) atoms. The Labute approximate surface area is 193 Å². The maximum Gasteiger partial charge on any atom is 0.416 e. The predicted octanol–water partition coefficient (Wildman–Crippen LogP) is 8.30. The number of alkyl halides is 3. The number of benzene rings is 1. The third kappa shape index (κ3) is 13.4. The fourth-order valence-electron chi connectivity index (χ4n) is 3.50. The van der Waals surface area contributed by atoms with Crippen molar-refractivity contribution in [2.75, 3.05) is 0 Å². The number of halogens is 3. The minimum absolute atomic E-state index is 0.0344. The molecular weight excluding hydrogens is 417 g/mol. The number of hydrogen-bond acceptors (Lipinski definition) is 3. The lowest BCUT2D eigenvalue weighted by Crippen LogP contribution is -2.32. The Hall–Kier alpha value is -1.11. The lowest BCUT2D eigenvalue weighted by atomic mass is 10.0. The molecule has 1 aromatic carbocycles. The standard InChI is InChI=1S/C26H43F3O3/c1-6-7-8-9-10-11-12-13-24(32-25(30-20(2)3)31-21(4)5)19-16-22-14-17-23(18-15-22)26(27,28)29/h14-15,17-18,20-21,24-25H,6-13,16,19H2,1-5H3. The SMILES string of the molecule is CCCCCCCCCC(CCc1ccc(C(F)(F)F)cc1)OC(OC(C)C)OC(C)C. The summed E-state index contributed by atoms with van der Waals surface area (Å²) in [5.74, 6) is 0. The van der Waals surface area contributed by atoms with E-state index in [9.17, 15) is 13.2 Å². The predicted molar refractivity (Wildman–Crippen MR) is 123 cm³/mol. The summed E-state index contributed by atoms with van der Waals surface area (Å²) < 4.78 is 56.2. The highest BCUT2D eigenvalue weighted by molar-refractivity contribution is 5.24. The summed E-state index contributed by atoms with van der Waals surface area (Å²) in [6.45, 7) is 9.23. The Bertz CT molecular complexity index is 575. The first-order valence-electron chi connectivity index (χ1n) is 12.2. The number of ether oxygens (including phenoxy) is 3. The molecule has 0 aromatic heterocycles. The fourth-order valence-corrected chi connectivity index (χ4v) is 3.50. The van der Waals surface area contributed by atoms with E-state index in [-0.39, 0.29) is 18.3 Å². The van der Waals surface area contributed by atoms with Gasteiger partial charge in [-0.25, -0.2) is 0 Å². The van der Waals surface area contributed by atoms with Gasteiger partial charge in [-0.3, -0.25) is 0 Å². The summed E-state index contributed by atoms with van der Waals surface area (Å²) in [6, 6.07) is 5.41. The molecule has 186 valence electrons. The van der Waals surface area contributed by atoms with Crippen molar-refractivity contribution in [1.29, 1.82) is 0 Å². The van der Waals surface area contributed by atoms with Gasteiger partial charge in [-0.1, -0.05) is 64.0 Å². The van der Waals surface area contributed by atoms with Gasteiger partial charge in [0.25, 0.3) is 6.48 Å². The van der Waals surface area contributed by atoms with Crippen molar-refractivity contribution in [3.05, 3.63) is 35.4 Å². The first-order chi connectivity index (χ1) is 15.1. The highest BCUT2D eigenvalue weighted by Crippen LogP contribution is 2.29. The van der Waals surface area contributed by atoms with Gasteiger partial charge in [0.05, 0.1) is 23.9 Å². The third-order valence-corrected chi connectivity index (χ3v) is 5.24. The number of aryl methyl sites for hydroxylation is 1. The molecule has 0 saturated carbocycles. The van der Waals surface area contributed by atoms with Crippen molar-refractivity contribution < 1.29 is 27.4 Å². The van der Waals surface area contributed by atoms with Crippen molar-refractivity contribution in [3.63, 3.8) is 0 Å². The highest BCUT2D eigenvalue weighted by atomic mass is 19.4. The van der Waals surface area contributed by atoms with E-state index in [1.54, 1.807) is 12.1 Å². The third-order valence-electron chi connectivity index (χ3n) is 5.24. The van der Waals surface area contributed by atoms with Gasteiger partial charge in [-0.05, 0) is 64.7 Å². The Kier molecular flexibility index (Phi) is 14.2. The van der Waals surface area contributed by atoms with Gasteiger partial charge in [-0.2, -0.15) is 13.2 Å². The molecular formula is C26H43F3O3. The molecule has 0 amide bonds. The summed E-state index contributed by atoms with van der Waals surface area (Å²) in [7, 11) is 0. The number of hydrogen-bond donors (Lipinski definition) is 0. The molecule has 1 unspecified atom stereocenters. The van der Waals surface area contributed by atoms with Crippen molar-refractivity contribution in [3.8, 4) is 0 Å². The molecule has 0 aliphatic heterocycles. The molecule has 0 aliphatic rings. The van der Waals surface area contributed by atoms with Crippen LogP contribution >= 0.6 is 0 Å². The maximum absolute atomic E-state index is 12.8. The summed E-state index contributed by atoms with van der Waals surface area (Å²) in [6.07, 6.45) is 6.31. The van der Waals surface area contributed by atoms with E-state index in [0.717, 1.165) is 37.0 Å². The molecule has 0 fully saturated rings. The van der Waals surface area contributed by atoms with Crippen LogP contribution in [0.5, 0.6) is 0 Å². The molecule has 0 bridgehead atoms. The molecule has 0 aliphatic carbocycles. The van der Waals surface area contributed by atoms with Crippen molar-refractivity contribution >= 4 is 0 Å². The molecule has 1 aromatic rings. The monoisotopic (exact) mass is 460 g/mol. The van der Waals surface area contributed by atoms with Crippen LogP contribution < -0.4 is 0 Å². The summed E-state index contributed by atoms with van der Waals surface area (Å²) in [4.78, 5) is 0. The van der Waals surface area contributed by atoms with Crippen LogP contribution in [-0.4, -0.2) is 24.8 Å². The normalized spacial score (nSPS) is 13.5. The van der Waals surface area contributed by atoms with Gasteiger partial charge < -0.3 is 14.2 Å². The van der Waals surface area contributed by atoms with Crippen LogP contribution in [0, 0.1) is 0 Å². The Morgan fingerprint density at radius 3 is 1.75 bits per heavy atom. The molecule has 0 heterocycles. The van der Waals surface area contributed by atoms with E-state index in [0.29, 0.717) is 12.8 Å². The topological polar surface area (TPSA) is 27.7 Å². The maximum atomic E-state index is 12.8. The van der Waals surface area contributed by atoms with E-state index < -0.39 is 18.2 Å². The van der Waals surface area contributed by atoms with Crippen LogP contribution in [0.4, 0.5) is 13.2 Å². The zero-order chi connectivity index (χ0) is 24.0. The molecule has 0 N–H and O–H groups in total. The lowest BCUT2D eigenvalue weighted by molar-refractivity contribution is -0.327. The highest BCUT2D eigenvalue weighted by Gasteiger charge is 2.30. The second-order valence-corrected chi connectivity index (χ2v) is 9.06. The van der Waals surface area contributed by atoms with Crippen LogP contribution in [0.3, 0.4) is 0 Å². The molecule has 1 rings (SSSR count). The van der Waals surface area contributed by atoms with Gasteiger partial charge in [0.15, 0.2) is 0 Å². The second kappa shape index (κ2) is 15.7. The van der Waals surface area contributed by atoms with Gasteiger partial charge >= 0.3 is 6.18 Å². The van der Waals surface area contributed by atoms with E-state index in [2.05, 4.69) is 6.92 Å². The minimum Gasteiger partial charge on any atom is -0.327 e. The zero-order valence-corrected chi connectivity index (χ0v) is 20.5. The van der Waals surface area contributed by atoms with E-state index in [1.165, 1.54) is 32.1 Å². The van der Waals surface area contributed by atoms with Gasteiger partial charge in [0.1, 0.15) is 0 Å². The quantitative estimate of drug-likeness (QED) is 0.173. The van der Waals surface area contributed by atoms with E-state index >= 15 is 0 Å². The summed E-state index contributed by atoms with van der Waals surface area (Å²) in [5.41, 5.74) is 0.255. The number of unbranched alkanes of at least 4 members (excludes halogenated alkanes) is 6. The average molecular weight is 461 g/mol. The Morgan fingerprint density at radius 1 is 0.719 bits per heavy atom. The van der Waals surface area contributed by atoms with Crippen LogP contribution in [-0.2, 0) is 26.8 Å². The Balaban J connectivity index is 2.66. The average Bonchev–Trinajstić information content (AvgIpc) is 2.69. The van der Waals surface area contributed by atoms with Crippen LogP contribution in [0.1, 0.15) is 104 Å². The molecule has 6 heteroatoms. The van der Waals surface area contributed by atoms with Crippen LogP contribution in [0.15, 0.2) is 24.3 Å². The molecule has 0 spiro atoms. The second-order valence-electron chi connectivity index (χ2n) is 9.06. The van der Waals surface area contributed by atoms with Gasteiger partial charge in [0, 0.05) is 0 Å². The fraction of sp³-hybridized carbons (Fsp3) is 0.769. The largest absolute Gasteiger partial charge is 0.416 e. The molecule has 0 radical (unpaired) electrons. The zero-order valence-electron chi connectivity index (χ0n) is 20.5. The molecule has 0 saturated heterocycles. The van der Waals surface area contributed by atoms with Crippen LogP contribution in [0.2, 0.25) is 0 Å². The van der Waals surface area contributed by atoms with Crippen molar-refractivity contribution in [2.45, 2.75) is 130 Å². The lowest BCUT2D eigenvalue weighted by Gasteiger charge is -2.28. The number of rotatable bonds is 17. The smallest absolute Gasteiger partial charge is 0.327 e. The van der Waals surface area contributed by atoms with E-state index in [1.807, 2.05) is 27.7 Å². The first kappa shape index (κ1) is 28.9. The molecule has 1 atom stereocenters.